The predicted octanol–water partition coefficient (Wildman–Crippen LogP) is 2.57. The number of nitrogens with two attached hydrogens (primary N) is 1. The Balaban J connectivity index is 2.80. The summed E-state index contributed by atoms with van der Waals surface area (Å²) in [6.45, 7) is 1.95. The Morgan fingerprint density at radius 1 is 1.44 bits per heavy atom. The first-order valence-electron chi connectivity index (χ1n) is 5.00. The molecule has 1 aromatic rings. The minimum Gasteiger partial charge on any atom is -0.397 e. The van der Waals surface area contributed by atoms with Crippen molar-refractivity contribution in [3.63, 3.8) is 0 Å². The molecule has 0 aliphatic heterocycles. The summed E-state index contributed by atoms with van der Waals surface area (Å²) in [5, 5.41) is 0. The van der Waals surface area contributed by atoms with E-state index in [2.05, 4.69) is 20.7 Å². The standard InChI is InChI=1S/C10H15BrN2O2S/c1-2-3-6-16(14,15)13-10-5-4-8(11)7-9(10)12/h4-5,7,13H,2-3,6,12H2,1H3. The van der Waals surface area contributed by atoms with E-state index in [1.165, 1.54) is 0 Å². The second-order valence-electron chi connectivity index (χ2n) is 3.51. The lowest BCUT2D eigenvalue weighted by Crippen LogP contribution is -2.17. The van der Waals surface area contributed by atoms with Crippen LogP contribution in [0.4, 0.5) is 11.4 Å². The van der Waals surface area contributed by atoms with Gasteiger partial charge in [0.25, 0.3) is 0 Å². The van der Waals surface area contributed by atoms with Gasteiger partial charge in [0, 0.05) is 4.47 Å². The van der Waals surface area contributed by atoms with E-state index in [4.69, 9.17) is 5.73 Å². The average molecular weight is 307 g/mol. The average Bonchev–Trinajstić information content (AvgIpc) is 2.19. The van der Waals surface area contributed by atoms with Crippen LogP contribution in [0.2, 0.25) is 0 Å². The number of rotatable bonds is 5. The largest absolute Gasteiger partial charge is 0.397 e. The second-order valence-corrected chi connectivity index (χ2v) is 6.26. The van der Waals surface area contributed by atoms with Crippen LogP contribution in [0.15, 0.2) is 22.7 Å². The lowest BCUT2D eigenvalue weighted by atomic mass is 10.3. The fourth-order valence-corrected chi connectivity index (χ4v) is 2.85. The van der Waals surface area contributed by atoms with E-state index in [0.29, 0.717) is 17.8 Å². The van der Waals surface area contributed by atoms with Crippen molar-refractivity contribution in [2.24, 2.45) is 0 Å². The molecule has 90 valence electrons. The van der Waals surface area contributed by atoms with Crippen LogP contribution in [0.1, 0.15) is 19.8 Å². The van der Waals surface area contributed by atoms with Crippen molar-refractivity contribution in [1.29, 1.82) is 0 Å². The van der Waals surface area contributed by atoms with Gasteiger partial charge >= 0.3 is 0 Å². The molecule has 0 unspecified atom stereocenters. The van der Waals surface area contributed by atoms with Crippen LogP contribution in [0.5, 0.6) is 0 Å². The van der Waals surface area contributed by atoms with Gasteiger partial charge in [-0.05, 0) is 24.6 Å². The molecular formula is C10H15BrN2O2S. The number of nitrogen functional groups attached to an aromatic ring is 1. The van der Waals surface area contributed by atoms with Gasteiger partial charge in [-0.2, -0.15) is 0 Å². The number of unbranched alkanes of at least 4 members (excludes halogenated alkanes) is 1. The molecule has 0 bridgehead atoms. The summed E-state index contributed by atoms with van der Waals surface area (Å²) in [6.07, 6.45) is 1.49. The normalized spacial score (nSPS) is 11.4. The second kappa shape index (κ2) is 5.54. The van der Waals surface area contributed by atoms with Gasteiger partial charge in [-0.15, -0.1) is 0 Å². The van der Waals surface area contributed by atoms with Gasteiger partial charge in [0.1, 0.15) is 0 Å². The Morgan fingerprint density at radius 3 is 2.69 bits per heavy atom. The maximum atomic E-state index is 11.6. The molecule has 4 nitrogen and oxygen atoms in total. The van der Waals surface area contributed by atoms with E-state index in [9.17, 15) is 8.42 Å². The van der Waals surface area contributed by atoms with Crippen molar-refractivity contribution in [3.05, 3.63) is 22.7 Å². The molecule has 0 heterocycles. The van der Waals surface area contributed by atoms with Crippen molar-refractivity contribution < 1.29 is 8.42 Å². The first-order valence-corrected chi connectivity index (χ1v) is 7.44. The fourth-order valence-electron chi connectivity index (χ4n) is 1.18. The minimum atomic E-state index is -3.28. The van der Waals surface area contributed by atoms with Crippen molar-refractivity contribution in [3.8, 4) is 0 Å². The highest BCUT2D eigenvalue weighted by molar-refractivity contribution is 9.10. The molecule has 0 saturated heterocycles. The Labute approximate surface area is 104 Å². The van der Waals surface area contributed by atoms with Gasteiger partial charge in [-0.1, -0.05) is 29.3 Å². The Hall–Kier alpha value is -0.750. The molecule has 0 atom stereocenters. The molecular weight excluding hydrogens is 292 g/mol. The lowest BCUT2D eigenvalue weighted by molar-refractivity contribution is 0.598. The third-order valence-electron chi connectivity index (χ3n) is 2.05. The summed E-state index contributed by atoms with van der Waals surface area (Å²) in [6, 6.07) is 5.05. The quantitative estimate of drug-likeness (QED) is 0.821. The molecule has 6 heteroatoms. The molecule has 1 rings (SSSR count). The number of hydrogen-bond acceptors (Lipinski definition) is 3. The highest BCUT2D eigenvalue weighted by atomic mass is 79.9. The van der Waals surface area contributed by atoms with Gasteiger partial charge in [0.2, 0.25) is 10.0 Å². The van der Waals surface area contributed by atoms with Crippen molar-refractivity contribution in [1.82, 2.24) is 0 Å². The molecule has 0 saturated carbocycles. The highest BCUT2D eigenvalue weighted by Gasteiger charge is 2.11. The molecule has 0 spiro atoms. The minimum absolute atomic E-state index is 0.124. The van der Waals surface area contributed by atoms with Gasteiger partial charge in [-0.25, -0.2) is 8.42 Å². The fraction of sp³-hybridized carbons (Fsp3) is 0.400. The number of anilines is 2. The maximum Gasteiger partial charge on any atom is 0.232 e. The maximum absolute atomic E-state index is 11.6. The van der Waals surface area contributed by atoms with Crippen LogP contribution in [0.25, 0.3) is 0 Å². The number of sulfonamides is 1. The van der Waals surface area contributed by atoms with E-state index in [1.807, 2.05) is 6.92 Å². The van der Waals surface area contributed by atoms with Crippen LogP contribution in [0, 0.1) is 0 Å². The van der Waals surface area contributed by atoms with Crippen LogP contribution in [0.3, 0.4) is 0 Å². The molecule has 0 aliphatic rings. The summed E-state index contributed by atoms with van der Waals surface area (Å²) in [4.78, 5) is 0. The van der Waals surface area contributed by atoms with Crippen molar-refractivity contribution >= 4 is 37.3 Å². The summed E-state index contributed by atoms with van der Waals surface area (Å²) in [5.74, 6) is 0.124. The summed E-state index contributed by atoms with van der Waals surface area (Å²) < 4.78 is 26.5. The van der Waals surface area contributed by atoms with Gasteiger partial charge in [-0.3, -0.25) is 4.72 Å². The van der Waals surface area contributed by atoms with Gasteiger partial charge in [0.15, 0.2) is 0 Å². The van der Waals surface area contributed by atoms with E-state index in [0.717, 1.165) is 10.9 Å². The zero-order valence-electron chi connectivity index (χ0n) is 9.03. The zero-order chi connectivity index (χ0) is 12.2. The smallest absolute Gasteiger partial charge is 0.232 e. The molecule has 1 aromatic carbocycles. The Bertz CT molecular complexity index is 460. The highest BCUT2D eigenvalue weighted by Crippen LogP contribution is 2.24. The first kappa shape index (κ1) is 13.3. The van der Waals surface area contributed by atoms with Gasteiger partial charge in [0.05, 0.1) is 17.1 Å². The van der Waals surface area contributed by atoms with E-state index >= 15 is 0 Å². The third-order valence-corrected chi connectivity index (χ3v) is 3.90. The Kier molecular flexibility index (Phi) is 4.61. The monoisotopic (exact) mass is 306 g/mol. The molecule has 0 amide bonds. The SMILES string of the molecule is CCCCS(=O)(=O)Nc1ccc(Br)cc1N. The number of benzene rings is 1. The molecule has 0 fully saturated rings. The lowest BCUT2D eigenvalue weighted by Gasteiger charge is -2.10. The topological polar surface area (TPSA) is 72.2 Å². The van der Waals surface area contributed by atoms with E-state index in [-0.39, 0.29) is 5.75 Å². The van der Waals surface area contributed by atoms with E-state index in [1.54, 1.807) is 18.2 Å². The number of hydrogen-bond donors (Lipinski definition) is 2. The van der Waals surface area contributed by atoms with Crippen molar-refractivity contribution in [2.75, 3.05) is 16.2 Å². The van der Waals surface area contributed by atoms with Crippen LogP contribution >= 0.6 is 15.9 Å². The van der Waals surface area contributed by atoms with Crippen LogP contribution in [-0.4, -0.2) is 14.2 Å². The van der Waals surface area contributed by atoms with Crippen LogP contribution in [-0.2, 0) is 10.0 Å². The molecule has 0 aromatic heterocycles. The van der Waals surface area contributed by atoms with E-state index < -0.39 is 10.0 Å². The molecule has 0 radical (unpaired) electrons. The van der Waals surface area contributed by atoms with Crippen LogP contribution < -0.4 is 10.5 Å². The number of nitrogens with one attached hydrogen (secondary N) is 1. The molecule has 0 aliphatic carbocycles. The predicted molar refractivity (Wildman–Crippen MR) is 70.9 cm³/mol. The summed E-state index contributed by atoms with van der Waals surface area (Å²) in [5.41, 5.74) is 6.54. The Morgan fingerprint density at radius 2 is 2.12 bits per heavy atom. The summed E-state index contributed by atoms with van der Waals surface area (Å²) in [7, 11) is -3.28. The molecule has 3 N–H and O–H groups in total. The number of halogens is 1. The summed E-state index contributed by atoms with van der Waals surface area (Å²) >= 11 is 3.26. The zero-order valence-corrected chi connectivity index (χ0v) is 11.4. The van der Waals surface area contributed by atoms with Crippen molar-refractivity contribution in [2.45, 2.75) is 19.8 Å². The molecule has 16 heavy (non-hydrogen) atoms. The first-order chi connectivity index (χ1) is 7.44. The third kappa shape index (κ3) is 4.02. The van der Waals surface area contributed by atoms with Gasteiger partial charge < -0.3 is 5.73 Å².